The molecule has 1 aromatic heterocycles. The Labute approximate surface area is 172 Å². The zero-order valence-electron chi connectivity index (χ0n) is 17.3. The van der Waals surface area contributed by atoms with Gasteiger partial charge in [-0.25, -0.2) is 4.39 Å². The molecule has 0 radical (unpaired) electrons. The number of amides is 1. The molecule has 2 atom stereocenters. The first-order valence-electron chi connectivity index (χ1n) is 10.1. The van der Waals surface area contributed by atoms with Crippen LogP contribution in [0, 0.1) is 24.6 Å². The van der Waals surface area contributed by atoms with Crippen LogP contribution in [-0.2, 0) is 11.3 Å². The minimum Gasteiger partial charge on any atom is -0.342 e. The van der Waals surface area contributed by atoms with E-state index in [4.69, 9.17) is 0 Å². The first-order chi connectivity index (χ1) is 13.3. The minimum absolute atomic E-state index is 0.138. The third-order valence-corrected chi connectivity index (χ3v) is 6.64. The van der Waals surface area contributed by atoms with E-state index in [9.17, 15) is 9.18 Å². The van der Waals surface area contributed by atoms with Crippen LogP contribution in [0.25, 0.3) is 0 Å². The second-order valence-corrected chi connectivity index (χ2v) is 9.46. The molecule has 3 nitrogen and oxygen atoms in total. The van der Waals surface area contributed by atoms with E-state index < -0.39 is 0 Å². The van der Waals surface area contributed by atoms with Gasteiger partial charge in [0.05, 0.1) is 0 Å². The number of thiophene rings is 1. The Hall–Kier alpha value is -1.72. The fraction of sp³-hybridized carbons (Fsp3) is 0.522. The number of carbonyl (C=O) groups is 1. The fourth-order valence-electron chi connectivity index (χ4n) is 4.19. The molecule has 5 heteroatoms. The van der Waals surface area contributed by atoms with Crippen molar-refractivity contribution in [2.24, 2.45) is 11.8 Å². The molecule has 0 spiro atoms. The van der Waals surface area contributed by atoms with Crippen molar-refractivity contribution in [3.8, 4) is 0 Å². The first kappa shape index (κ1) is 21.0. The van der Waals surface area contributed by atoms with Crippen molar-refractivity contribution in [1.82, 2.24) is 9.80 Å². The molecule has 1 aliphatic rings. The molecule has 28 heavy (non-hydrogen) atoms. The summed E-state index contributed by atoms with van der Waals surface area (Å²) in [6.45, 7) is 12.5. The topological polar surface area (TPSA) is 23.6 Å². The lowest BCUT2D eigenvalue weighted by molar-refractivity contribution is -0.130. The molecule has 0 bridgehead atoms. The minimum atomic E-state index is -0.200. The van der Waals surface area contributed by atoms with Crippen LogP contribution in [-0.4, -0.2) is 41.9 Å². The summed E-state index contributed by atoms with van der Waals surface area (Å²) in [6.07, 6.45) is 0. The number of rotatable bonds is 7. The number of hydrogen-bond donors (Lipinski definition) is 0. The smallest absolute Gasteiger partial charge is 0.219 e. The van der Waals surface area contributed by atoms with E-state index in [0.29, 0.717) is 17.8 Å². The van der Waals surface area contributed by atoms with Crippen LogP contribution in [0.4, 0.5) is 4.39 Å². The van der Waals surface area contributed by atoms with E-state index in [2.05, 4.69) is 37.1 Å². The average Bonchev–Trinajstić information content (AvgIpc) is 3.21. The summed E-state index contributed by atoms with van der Waals surface area (Å²) in [5.74, 6) is 1.05. The Balaban J connectivity index is 1.79. The predicted octanol–water partition coefficient (Wildman–Crippen LogP) is 4.92. The highest BCUT2D eigenvalue weighted by Gasteiger charge is 2.35. The molecular weight excluding hydrogens is 371 g/mol. The number of nitrogens with zero attached hydrogens (tertiary/aromatic N) is 2. The number of halogens is 1. The number of carbonyl (C=O) groups excluding carboxylic acids is 1. The van der Waals surface area contributed by atoms with Crippen LogP contribution in [0.1, 0.15) is 42.7 Å². The van der Waals surface area contributed by atoms with Gasteiger partial charge in [-0.3, -0.25) is 9.69 Å². The number of likely N-dealkylation sites (tertiary alicyclic amines) is 1. The molecule has 1 aliphatic heterocycles. The Kier molecular flexibility index (Phi) is 6.89. The molecule has 2 heterocycles. The highest BCUT2D eigenvalue weighted by molar-refractivity contribution is 7.10. The maximum absolute atomic E-state index is 13.4. The summed E-state index contributed by atoms with van der Waals surface area (Å²) in [5.41, 5.74) is 2.52. The van der Waals surface area contributed by atoms with Crippen molar-refractivity contribution in [2.75, 3.05) is 26.2 Å². The summed E-state index contributed by atoms with van der Waals surface area (Å²) >= 11 is 1.81. The van der Waals surface area contributed by atoms with Gasteiger partial charge in [0.2, 0.25) is 5.91 Å². The second kappa shape index (κ2) is 9.19. The SMILES string of the molecule is CC(=O)N(CC(C)C)CC1CN(Cc2sccc2C)CC1c1ccc(F)cc1. The zero-order valence-corrected chi connectivity index (χ0v) is 18.1. The Morgan fingerprint density at radius 2 is 1.96 bits per heavy atom. The summed E-state index contributed by atoms with van der Waals surface area (Å²) in [4.78, 5) is 18.1. The Bertz CT molecular complexity index is 786. The molecule has 1 aromatic carbocycles. The van der Waals surface area contributed by atoms with E-state index in [1.165, 1.54) is 16.0 Å². The highest BCUT2D eigenvalue weighted by atomic mass is 32.1. The standard InChI is InChI=1S/C23H31FN2OS/c1-16(2)11-26(18(4)27)13-20-12-25(15-23-17(3)9-10-28-23)14-22(20)19-5-7-21(24)8-6-19/h5-10,16,20,22H,11-15H2,1-4H3. The molecule has 1 saturated heterocycles. The molecule has 2 unspecified atom stereocenters. The quantitative estimate of drug-likeness (QED) is 0.657. The van der Waals surface area contributed by atoms with Gasteiger partial charge in [-0.15, -0.1) is 11.3 Å². The van der Waals surface area contributed by atoms with Gasteiger partial charge in [-0.05, 0) is 53.5 Å². The van der Waals surface area contributed by atoms with Gasteiger partial charge in [0.1, 0.15) is 5.82 Å². The van der Waals surface area contributed by atoms with Gasteiger partial charge < -0.3 is 4.90 Å². The van der Waals surface area contributed by atoms with E-state index in [1.807, 2.05) is 28.4 Å². The lowest BCUT2D eigenvalue weighted by Crippen LogP contribution is -2.38. The van der Waals surface area contributed by atoms with Gasteiger partial charge in [0, 0.05) is 50.4 Å². The van der Waals surface area contributed by atoms with Crippen molar-refractivity contribution in [1.29, 1.82) is 0 Å². The van der Waals surface area contributed by atoms with E-state index in [0.717, 1.165) is 32.7 Å². The van der Waals surface area contributed by atoms with Crippen molar-refractivity contribution >= 4 is 17.2 Å². The maximum Gasteiger partial charge on any atom is 0.219 e. The molecular formula is C23H31FN2OS. The maximum atomic E-state index is 13.4. The largest absolute Gasteiger partial charge is 0.342 e. The second-order valence-electron chi connectivity index (χ2n) is 8.46. The molecule has 0 saturated carbocycles. The summed E-state index contributed by atoms with van der Waals surface area (Å²) < 4.78 is 13.4. The van der Waals surface area contributed by atoms with Gasteiger partial charge in [-0.2, -0.15) is 0 Å². The zero-order chi connectivity index (χ0) is 20.3. The molecule has 152 valence electrons. The first-order valence-corrected chi connectivity index (χ1v) is 11.0. The fourth-order valence-corrected chi connectivity index (χ4v) is 5.13. The molecule has 1 fully saturated rings. The van der Waals surface area contributed by atoms with Crippen LogP contribution in [0.3, 0.4) is 0 Å². The van der Waals surface area contributed by atoms with Gasteiger partial charge in [-0.1, -0.05) is 26.0 Å². The van der Waals surface area contributed by atoms with Crippen LogP contribution in [0.2, 0.25) is 0 Å². The van der Waals surface area contributed by atoms with E-state index in [1.54, 1.807) is 19.1 Å². The van der Waals surface area contributed by atoms with Crippen LogP contribution in [0.5, 0.6) is 0 Å². The van der Waals surface area contributed by atoms with Gasteiger partial charge >= 0.3 is 0 Å². The third-order valence-electron chi connectivity index (χ3n) is 5.64. The summed E-state index contributed by atoms with van der Waals surface area (Å²) in [7, 11) is 0. The van der Waals surface area contributed by atoms with Crippen LogP contribution < -0.4 is 0 Å². The summed E-state index contributed by atoms with van der Waals surface area (Å²) in [6, 6.07) is 9.09. The number of hydrogen-bond acceptors (Lipinski definition) is 3. The third kappa shape index (κ3) is 5.21. The molecule has 3 rings (SSSR count). The number of aryl methyl sites for hydroxylation is 1. The molecule has 0 N–H and O–H groups in total. The van der Waals surface area contributed by atoms with E-state index >= 15 is 0 Å². The van der Waals surface area contributed by atoms with Crippen molar-refractivity contribution in [2.45, 2.75) is 40.2 Å². The lowest BCUT2D eigenvalue weighted by Gasteiger charge is -2.29. The van der Waals surface area contributed by atoms with Crippen molar-refractivity contribution < 1.29 is 9.18 Å². The van der Waals surface area contributed by atoms with Gasteiger partial charge in [0.15, 0.2) is 0 Å². The molecule has 2 aromatic rings. The highest BCUT2D eigenvalue weighted by Crippen LogP contribution is 2.35. The van der Waals surface area contributed by atoms with Crippen molar-refractivity contribution in [3.05, 3.63) is 57.5 Å². The predicted molar refractivity (Wildman–Crippen MR) is 114 cm³/mol. The molecule has 1 amide bonds. The normalized spacial score (nSPS) is 20.1. The summed E-state index contributed by atoms with van der Waals surface area (Å²) in [5, 5.41) is 2.15. The van der Waals surface area contributed by atoms with Gasteiger partial charge in [0.25, 0.3) is 0 Å². The number of benzene rings is 1. The van der Waals surface area contributed by atoms with Crippen molar-refractivity contribution in [3.63, 3.8) is 0 Å². The van der Waals surface area contributed by atoms with E-state index in [-0.39, 0.29) is 11.7 Å². The molecule has 0 aliphatic carbocycles. The lowest BCUT2D eigenvalue weighted by atomic mass is 9.88. The monoisotopic (exact) mass is 402 g/mol. The van der Waals surface area contributed by atoms with Crippen LogP contribution >= 0.6 is 11.3 Å². The average molecular weight is 403 g/mol. The Morgan fingerprint density at radius 3 is 2.54 bits per heavy atom. The Morgan fingerprint density at radius 1 is 1.25 bits per heavy atom. The van der Waals surface area contributed by atoms with Crippen LogP contribution in [0.15, 0.2) is 35.7 Å².